The van der Waals surface area contributed by atoms with Gasteiger partial charge in [0.05, 0.1) is 18.7 Å². The van der Waals surface area contributed by atoms with Crippen molar-refractivity contribution in [2.75, 3.05) is 33.1 Å². The van der Waals surface area contributed by atoms with Gasteiger partial charge in [-0.25, -0.2) is 0 Å². The molecule has 2 rings (SSSR count). The van der Waals surface area contributed by atoms with Gasteiger partial charge in [-0.2, -0.15) is 0 Å². The molecule has 0 unspecified atom stereocenters. The van der Waals surface area contributed by atoms with Crippen LogP contribution in [0.3, 0.4) is 0 Å². The summed E-state index contributed by atoms with van der Waals surface area (Å²) in [5.41, 5.74) is 1.45. The summed E-state index contributed by atoms with van der Waals surface area (Å²) in [6.45, 7) is 2.49. The molecule has 0 aliphatic rings. The van der Waals surface area contributed by atoms with Crippen molar-refractivity contribution in [2.45, 2.75) is 13.3 Å². The van der Waals surface area contributed by atoms with Crippen molar-refractivity contribution >= 4 is 29.1 Å². The maximum absolute atomic E-state index is 12.5. The Hall–Kier alpha value is -2.73. The largest absolute Gasteiger partial charge is 0.493 e. The fraction of sp³-hybridized carbons (Fsp3) is 0.300. The summed E-state index contributed by atoms with van der Waals surface area (Å²) in [5, 5.41) is 3.08. The van der Waals surface area contributed by atoms with Gasteiger partial charge in [0, 0.05) is 30.9 Å². The van der Waals surface area contributed by atoms with Gasteiger partial charge in [-0.3, -0.25) is 9.59 Å². The molecule has 0 radical (unpaired) electrons. The zero-order valence-electron chi connectivity index (χ0n) is 15.8. The van der Waals surface area contributed by atoms with Crippen LogP contribution in [0, 0.1) is 0 Å². The van der Waals surface area contributed by atoms with Crippen LogP contribution in [0.15, 0.2) is 36.4 Å². The number of nitrogens with one attached hydrogen (secondary N) is 1. The first-order chi connectivity index (χ1) is 12.9. The maximum atomic E-state index is 12.5. The van der Waals surface area contributed by atoms with Crippen molar-refractivity contribution < 1.29 is 19.1 Å². The normalized spacial score (nSPS) is 10.3. The molecule has 1 N–H and O–H groups in total. The van der Waals surface area contributed by atoms with Gasteiger partial charge in [-0.1, -0.05) is 18.5 Å². The molecule has 0 saturated carbocycles. The number of hydrogen-bond acceptors (Lipinski definition) is 4. The number of carbonyl (C=O) groups excluding carboxylic acids is 2. The lowest BCUT2D eigenvalue weighted by molar-refractivity contribution is 0.0827. The number of methoxy groups -OCH3 is 1. The lowest BCUT2D eigenvalue weighted by atomic mass is 10.1. The van der Waals surface area contributed by atoms with Crippen molar-refractivity contribution in [3.63, 3.8) is 0 Å². The van der Waals surface area contributed by atoms with Crippen molar-refractivity contribution in [3.05, 3.63) is 52.5 Å². The smallest absolute Gasteiger partial charge is 0.255 e. The standard InChI is InChI=1S/C20H23ClN2O4/c1-5-10-27-18-16(21)11-14(12-17(18)26-4)19(24)22-15-8-6-13(7-9-15)20(25)23(2)3/h6-9,11-12H,5,10H2,1-4H3,(H,22,24). The Labute approximate surface area is 164 Å². The van der Waals surface area contributed by atoms with Crippen LogP contribution in [0.5, 0.6) is 11.5 Å². The molecule has 0 atom stereocenters. The Morgan fingerprint density at radius 2 is 1.78 bits per heavy atom. The van der Waals surface area contributed by atoms with Gasteiger partial charge in [0.2, 0.25) is 0 Å². The highest BCUT2D eigenvalue weighted by atomic mass is 35.5. The Kier molecular flexibility index (Phi) is 7.07. The SMILES string of the molecule is CCCOc1c(Cl)cc(C(=O)Nc2ccc(C(=O)N(C)C)cc2)cc1OC. The molecule has 0 bridgehead atoms. The summed E-state index contributed by atoms with van der Waals surface area (Å²) in [6, 6.07) is 9.78. The van der Waals surface area contributed by atoms with Gasteiger partial charge in [0.15, 0.2) is 11.5 Å². The Morgan fingerprint density at radius 3 is 2.33 bits per heavy atom. The van der Waals surface area contributed by atoms with Crippen LogP contribution in [0.4, 0.5) is 5.69 Å². The molecule has 0 heterocycles. The molecule has 0 saturated heterocycles. The van der Waals surface area contributed by atoms with Gasteiger partial charge in [-0.05, 0) is 42.8 Å². The van der Waals surface area contributed by atoms with Crippen molar-refractivity contribution in [2.24, 2.45) is 0 Å². The number of rotatable bonds is 7. The third kappa shape index (κ3) is 5.14. The van der Waals surface area contributed by atoms with E-state index in [9.17, 15) is 9.59 Å². The highest BCUT2D eigenvalue weighted by Crippen LogP contribution is 2.36. The molecular formula is C20H23ClN2O4. The first-order valence-electron chi connectivity index (χ1n) is 8.50. The van der Waals surface area contributed by atoms with Gasteiger partial charge in [0.1, 0.15) is 0 Å². The maximum Gasteiger partial charge on any atom is 0.255 e. The molecule has 6 nitrogen and oxygen atoms in total. The Morgan fingerprint density at radius 1 is 1.11 bits per heavy atom. The van der Waals surface area contributed by atoms with E-state index < -0.39 is 0 Å². The van der Waals surface area contributed by atoms with E-state index in [0.29, 0.717) is 39.9 Å². The average Bonchev–Trinajstić information content (AvgIpc) is 2.66. The lowest BCUT2D eigenvalue weighted by Gasteiger charge is -2.14. The fourth-order valence-corrected chi connectivity index (χ4v) is 2.62. The second kappa shape index (κ2) is 9.28. The van der Waals surface area contributed by atoms with E-state index in [2.05, 4.69) is 5.32 Å². The molecule has 0 fully saturated rings. The van der Waals surface area contributed by atoms with E-state index in [1.165, 1.54) is 18.1 Å². The molecule has 27 heavy (non-hydrogen) atoms. The molecule has 0 aliphatic heterocycles. The zero-order chi connectivity index (χ0) is 20.0. The van der Waals surface area contributed by atoms with Crippen LogP contribution < -0.4 is 14.8 Å². The van der Waals surface area contributed by atoms with Crippen LogP contribution in [0.1, 0.15) is 34.1 Å². The number of benzene rings is 2. The Balaban J connectivity index is 2.18. The lowest BCUT2D eigenvalue weighted by Crippen LogP contribution is -2.21. The summed E-state index contributed by atoms with van der Waals surface area (Å²) in [4.78, 5) is 25.9. The van der Waals surface area contributed by atoms with E-state index in [1.54, 1.807) is 44.4 Å². The zero-order valence-corrected chi connectivity index (χ0v) is 16.6. The molecular weight excluding hydrogens is 368 g/mol. The number of ether oxygens (including phenoxy) is 2. The number of halogens is 1. The minimum absolute atomic E-state index is 0.105. The van der Waals surface area contributed by atoms with E-state index >= 15 is 0 Å². The summed E-state index contributed by atoms with van der Waals surface area (Å²) in [6.07, 6.45) is 0.827. The molecule has 0 aliphatic carbocycles. The van der Waals surface area contributed by atoms with Crippen molar-refractivity contribution in [1.82, 2.24) is 4.90 Å². The molecule has 7 heteroatoms. The number of anilines is 1. The number of amides is 2. The van der Waals surface area contributed by atoms with Crippen LogP contribution in [-0.4, -0.2) is 44.5 Å². The number of carbonyl (C=O) groups is 2. The molecule has 2 aromatic carbocycles. The van der Waals surface area contributed by atoms with Crippen molar-refractivity contribution in [1.29, 1.82) is 0 Å². The predicted octanol–water partition coefficient (Wildman–Crippen LogP) is 4.09. The van der Waals surface area contributed by atoms with Crippen LogP contribution >= 0.6 is 11.6 Å². The second-order valence-corrected chi connectivity index (χ2v) is 6.48. The minimum Gasteiger partial charge on any atom is -0.493 e. The second-order valence-electron chi connectivity index (χ2n) is 6.07. The molecule has 2 amide bonds. The fourth-order valence-electron chi connectivity index (χ4n) is 2.35. The summed E-state index contributed by atoms with van der Waals surface area (Å²) >= 11 is 6.25. The van der Waals surface area contributed by atoms with E-state index in [1.807, 2.05) is 6.92 Å². The van der Waals surface area contributed by atoms with Gasteiger partial charge in [-0.15, -0.1) is 0 Å². The predicted molar refractivity (Wildman–Crippen MR) is 106 cm³/mol. The molecule has 144 valence electrons. The van der Waals surface area contributed by atoms with Crippen LogP contribution in [0.2, 0.25) is 5.02 Å². The van der Waals surface area contributed by atoms with E-state index in [4.69, 9.17) is 21.1 Å². The molecule has 2 aromatic rings. The minimum atomic E-state index is -0.344. The summed E-state index contributed by atoms with van der Waals surface area (Å²) < 4.78 is 10.9. The molecule has 0 spiro atoms. The quantitative estimate of drug-likeness (QED) is 0.773. The average molecular weight is 391 g/mol. The van der Waals surface area contributed by atoms with Gasteiger partial charge in [0.25, 0.3) is 11.8 Å². The Bertz CT molecular complexity index is 819. The summed E-state index contributed by atoms with van der Waals surface area (Å²) in [5.74, 6) is 0.369. The van der Waals surface area contributed by atoms with E-state index in [0.717, 1.165) is 6.42 Å². The number of hydrogen-bond donors (Lipinski definition) is 1. The van der Waals surface area contributed by atoms with Crippen molar-refractivity contribution in [3.8, 4) is 11.5 Å². The van der Waals surface area contributed by atoms with Crippen LogP contribution in [0.25, 0.3) is 0 Å². The third-order valence-electron chi connectivity index (χ3n) is 3.74. The monoisotopic (exact) mass is 390 g/mol. The first-order valence-corrected chi connectivity index (χ1v) is 8.88. The highest BCUT2D eigenvalue weighted by molar-refractivity contribution is 6.32. The third-order valence-corrected chi connectivity index (χ3v) is 4.02. The topological polar surface area (TPSA) is 67.9 Å². The van der Waals surface area contributed by atoms with E-state index in [-0.39, 0.29) is 11.8 Å². The summed E-state index contributed by atoms with van der Waals surface area (Å²) in [7, 11) is 4.86. The highest BCUT2D eigenvalue weighted by Gasteiger charge is 2.16. The molecule has 0 aromatic heterocycles. The van der Waals surface area contributed by atoms with Crippen LogP contribution in [-0.2, 0) is 0 Å². The van der Waals surface area contributed by atoms with Gasteiger partial charge >= 0.3 is 0 Å². The first kappa shape index (κ1) is 20.6. The number of nitrogens with zero attached hydrogens (tertiary/aromatic N) is 1. The van der Waals surface area contributed by atoms with Gasteiger partial charge < -0.3 is 19.7 Å².